The number of nitrogens with one attached hydrogen (secondary N) is 1. The Labute approximate surface area is 90.9 Å². The summed E-state index contributed by atoms with van der Waals surface area (Å²) < 4.78 is 5.81. The third-order valence-corrected chi connectivity index (χ3v) is 2.64. The number of rotatable bonds is 3. The number of hydrogen-bond acceptors (Lipinski definition) is 3. The molecule has 0 unspecified atom stereocenters. The van der Waals surface area contributed by atoms with E-state index in [4.69, 9.17) is 4.74 Å². The van der Waals surface area contributed by atoms with Crippen LogP contribution in [0, 0.1) is 13.8 Å². The van der Waals surface area contributed by atoms with Crippen LogP contribution < -0.4 is 5.32 Å². The quantitative estimate of drug-likeness (QED) is 0.815. The molecule has 1 aromatic rings. The minimum Gasteiger partial charge on any atom is -0.372 e. The summed E-state index contributed by atoms with van der Waals surface area (Å²) >= 11 is 0. The van der Waals surface area contributed by atoms with Gasteiger partial charge in [-0.25, -0.2) is 0 Å². The average molecular weight is 206 g/mol. The van der Waals surface area contributed by atoms with Gasteiger partial charge in [-0.1, -0.05) is 0 Å². The van der Waals surface area contributed by atoms with Crippen molar-refractivity contribution in [3.05, 3.63) is 29.1 Å². The highest BCUT2D eigenvalue weighted by molar-refractivity contribution is 5.19. The van der Waals surface area contributed by atoms with E-state index in [1.54, 1.807) is 0 Å². The SMILES string of the molecule is Cc1cc(CO[C@H]2CCNC2)cc(C)n1. The van der Waals surface area contributed by atoms with Crippen molar-refractivity contribution in [2.75, 3.05) is 13.1 Å². The fourth-order valence-electron chi connectivity index (χ4n) is 1.99. The molecule has 0 aliphatic carbocycles. The maximum Gasteiger partial charge on any atom is 0.0722 e. The fourth-order valence-corrected chi connectivity index (χ4v) is 1.99. The molecule has 1 aromatic heterocycles. The topological polar surface area (TPSA) is 34.1 Å². The molecule has 82 valence electrons. The highest BCUT2D eigenvalue weighted by Crippen LogP contribution is 2.10. The van der Waals surface area contributed by atoms with Crippen LogP contribution in [0.2, 0.25) is 0 Å². The van der Waals surface area contributed by atoms with Crippen LogP contribution in [0.5, 0.6) is 0 Å². The zero-order valence-electron chi connectivity index (χ0n) is 9.42. The molecule has 1 fully saturated rings. The molecule has 1 N–H and O–H groups in total. The molecule has 1 aliphatic heterocycles. The van der Waals surface area contributed by atoms with Crippen LogP contribution in [-0.2, 0) is 11.3 Å². The first-order valence-electron chi connectivity index (χ1n) is 5.50. The van der Waals surface area contributed by atoms with Gasteiger partial charge in [0.25, 0.3) is 0 Å². The predicted molar refractivity (Wildman–Crippen MR) is 59.8 cm³/mol. The maximum absolute atomic E-state index is 5.81. The minimum atomic E-state index is 0.388. The normalized spacial score (nSPS) is 20.8. The van der Waals surface area contributed by atoms with Crippen LogP contribution in [0.25, 0.3) is 0 Å². The van der Waals surface area contributed by atoms with Crippen molar-refractivity contribution in [3.63, 3.8) is 0 Å². The van der Waals surface area contributed by atoms with Crippen molar-refractivity contribution >= 4 is 0 Å². The molecule has 0 saturated carbocycles. The van der Waals surface area contributed by atoms with Gasteiger partial charge in [0.15, 0.2) is 0 Å². The summed E-state index contributed by atoms with van der Waals surface area (Å²) in [5.41, 5.74) is 3.36. The first kappa shape index (κ1) is 10.6. The number of aromatic nitrogens is 1. The van der Waals surface area contributed by atoms with Crippen molar-refractivity contribution in [1.29, 1.82) is 0 Å². The summed E-state index contributed by atoms with van der Waals surface area (Å²) in [5.74, 6) is 0. The average Bonchev–Trinajstić information content (AvgIpc) is 2.65. The molecular weight excluding hydrogens is 188 g/mol. The number of ether oxygens (including phenoxy) is 1. The van der Waals surface area contributed by atoms with Gasteiger partial charge in [0.05, 0.1) is 12.7 Å². The van der Waals surface area contributed by atoms with Crippen molar-refractivity contribution < 1.29 is 4.74 Å². The Morgan fingerprint density at radius 3 is 2.73 bits per heavy atom. The number of hydrogen-bond donors (Lipinski definition) is 1. The molecule has 3 nitrogen and oxygen atoms in total. The van der Waals surface area contributed by atoms with E-state index >= 15 is 0 Å². The molecule has 3 heteroatoms. The predicted octanol–water partition coefficient (Wildman–Crippen LogP) is 1.58. The second-order valence-corrected chi connectivity index (χ2v) is 4.18. The lowest BCUT2D eigenvalue weighted by molar-refractivity contribution is 0.0541. The third-order valence-electron chi connectivity index (χ3n) is 2.64. The van der Waals surface area contributed by atoms with E-state index in [1.165, 1.54) is 5.56 Å². The van der Waals surface area contributed by atoms with Gasteiger partial charge in [0.1, 0.15) is 0 Å². The molecule has 0 amide bonds. The first-order valence-corrected chi connectivity index (χ1v) is 5.50. The smallest absolute Gasteiger partial charge is 0.0722 e. The van der Waals surface area contributed by atoms with Crippen molar-refractivity contribution in [2.45, 2.75) is 33.0 Å². The van der Waals surface area contributed by atoms with Crippen molar-refractivity contribution in [3.8, 4) is 0 Å². The third kappa shape index (κ3) is 3.01. The maximum atomic E-state index is 5.81. The molecule has 1 saturated heterocycles. The summed E-state index contributed by atoms with van der Waals surface area (Å²) in [6.07, 6.45) is 1.52. The van der Waals surface area contributed by atoms with Crippen LogP contribution >= 0.6 is 0 Å². The largest absolute Gasteiger partial charge is 0.372 e. The van der Waals surface area contributed by atoms with E-state index in [-0.39, 0.29) is 0 Å². The van der Waals surface area contributed by atoms with E-state index in [0.29, 0.717) is 12.7 Å². The summed E-state index contributed by atoms with van der Waals surface area (Å²) in [4.78, 5) is 4.35. The highest BCUT2D eigenvalue weighted by atomic mass is 16.5. The highest BCUT2D eigenvalue weighted by Gasteiger charge is 2.14. The summed E-state index contributed by atoms with van der Waals surface area (Å²) in [6, 6.07) is 4.19. The molecule has 0 bridgehead atoms. The monoisotopic (exact) mass is 206 g/mol. The summed E-state index contributed by atoms with van der Waals surface area (Å²) in [7, 11) is 0. The van der Waals surface area contributed by atoms with Gasteiger partial charge in [0.2, 0.25) is 0 Å². The van der Waals surface area contributed by atoms with Gasteiger partial charge in [-0.05, 0) is 44.5 Å². The number of aryl methyl sites for hydroxylation is 2. The fraction of sp³-hybridized carbons (Fsp3) is 0.583. The van der Waals surface area contributed by atoms with E-state index in [9.17, 15) is 0 Å². The first-order chi connectivity index (χ1) is 7.24. The van der Waals surface area contributed by atoms with Crippen LogP contribution in [0.15, 0.2) is 12.1 Å². The van der Waals surface area contributed by atoms with Gasteiger partial charge in [-0.3, -0.25) is 4.98 Å². The van der Waals surface area contributed by atoms with Crippen LogP contribution in [0.3, 0.4) is 0 Å². The van der Waals surface area contributed by atoms with Gasteiger partial charge >= 0.3 is 0 Å². The Bertz CT molecular complexity index is 312. The molecule has 0 aromatic carbocycles. The summed E-state index contributed by atoms with van der Waals surface area (Å²) in [6.45, 7) is 6.82. The Morgan fingerprint density at radius 2 is 2.13 bits per heavy atom. The van der Waals surface area contributed by atoms with E-state index in [0.717, 1.165) is 30.9 Å². The molecule has 2 rings (SSSR count). The molecule has 1 atom stereocenters. The van der Waals surface area contributed by atoms with E-state index in [2.05, 4.69) is 22.4 Å². The lowest BCUT2D eigenvalue weighted by atomic mass is 10.2. The molecule has 1 aliphatic rings. The van der Waals surface area contributed by atoms with E-state index < -0.39 is 0 Å². The van der Waals surface area contributed by atoms with Gasteiger partial charge < -0.3 is 10.1 Å². The second kappa shape index (κ2) is 4.73. The molecule has 0 radical (unpaired) electrons. The standard InChI is InChI=1S/C12H18N2O/c1-9-5-11(6-10(2)14-9)8-15-12-3-4-13-7-12/h5-6,12-13H,3-4,7-8H2,1-2H3/t12-/m0/s1. The van der Waals surface area contributed by atoms with Gasteiger partial charge in [0, 0.05) is 17.9 Å². The van der Waals surface area contributed by atoms with Crippen molar-refractivity contribution in [2.24, 2.45) is 0 Å². The molecule has 2 heterocycles. The Kier molecular flexibility index (Phi) is 3.34. The van der Waals surface area contributed by atoms with Gasteiger partial charge in [-0.2, -0.15) is 0 Å². The minimum absolute atomic E-state index is 0.388. The number of pyridine rings is 1. The second-order valence-electron chi connectivity index (χ2n) is 4.18. The number of nitrogens with zero attached hydrogens (tertiary/aromatic N) is 1. The van der Waals surface area contributed by atoms with Crippen LogP contribution in [-0.4, -0.2) is 24.2 Å². The Morgan fingerprint density at radius 1 is 1.40 bits per heavy atom. The Hall–Kier alpha value is -0.930. The zero-order valence-corrected chi connectivity index (χ0v) is 9.42. The lowest BCUT2D eigenvalue weighted by Crippen LogP contribution is -2.16. The molecule has 0 spiro atoms. The van der Waals surface area contributed by atoms with Crippen LogP contribution in [0.4, 0.5) is 0 Å². The molecular formula is C12H18N2O. The van der Waals surface area contributed by atoms with Gasteiger partial charge in [-0.15, -0.1) is 0 Å². The zero-order chi connectivity index (χ0) is 10.7. The van der Waals surface area contributed by atoms with E-state index in [1.807, 2.05) is 13.8 Å². The van der Waals surface area contributed by atoms with Crippen LogP contribution in [0.1, 0.15) is 23.4 Å². The van der Waals surface area contributed by atoms with Crippen molar-refractivity contribution in [1.82, 2.24) is 10.3 Å². The summed E-state index contributed by atoms with van der Waals surface area (Å²) in [5, 5.41) is 3.29. The Balaban J connectivity index is 1.92. The molecule has 15 heavy (non-hydrogen) atoms. The lowest BCUT2D eigenvalue weighted by Gasteiger charge is -2.11.